The van der Waals surface area contributed by atoms with Crippen molar-refractivity contribution in [2.24, 2.45) is 5.41 Å². The zero-order valence-corrected chi connectivity index (χ0v) is 11.6. The lowest BCUT2D eigenvalue weighted by atomic mass is 9.88. The molecule has 2 N–H and O–H groups in total. The van der Waals surface area contributed by atoms with E-state index in [-0.39, 0.29) is 11.3 Å². The Labute approximate surface area is 110 Å². The van der Waals surface area contributed by atoms with E-state index in [0.717, 1.165) is 38.8 Å². The molecule has 0 saturated heterocycles. The number of amides is 1. The largest absolute Gasteiger partial charge is 0.353 e. The van der Waals surface area contributed by atoms with Crippen LogP contribution in [0.25, 0.3) is 0 Å². The van der Waals surface area contributed by atoms with Gasteiger partial charge in [-0.3, -0.25) is 4.79 Å². The topological polar surface area (TPSA) is 64.9 Å². The van der Waals surface area contributed by atoms with Gasteiger partial charge in [-0.05, 0) is 37.6 Å². The summed E-state index contributed by atoms with van der Waals surface area (Å²) in [6, 6.07) is 2.65. The quantitative estimate of drug-likeness (QED) is 0.616. The maximum absolute atomic E-state index is 11.4. The number of rotatable bonds is 9. The monoisotopic (exact) mass is 251 g/mol. The summed E-state index contributed by atoms with van der Waals surface area (Å²) in [6.45, 7) is 6.10. The third-order valence-corrected chi connectivity index (χ3v) is 3.22. The number of nitrogens with one attached hydrogen (secondary N) is 2. The smallest absolute Gasteiger partial charge is 0.220 e. The molecule has 1 rings (SSSR count). The van der Waals surface area contributed by atoms with Crippen molar-refractivity contribution >= 4 is 5.91 Å². The van der Waals surface area contributed by atoms with Crippen molar-refractivity contribution in [2.75, 3.05) is 13.1 Å². The van der Waals surface area contributed by atoms with Gasteiger partial charge in [-0.2, -0.15) is 5.26 Å². The Bertz CT molecular complexity index is 303. The lowest BCUT2D eigenvalue weighted by Gasteiger charge is -2.23. The van der Waals surface area contributed by atoms with E-state index in [2.05, 4.69) is 30.6 Å². The van der Waals surface area contributed by atoms with Crippen LogP contribution in [-0.2, 0) is 4.79 Å². The normalized spacial score (nSPS) is 15.2. The van der Waals surface area contributed by atoms with Crippen molar-refractivity contribution in [1.82, 2.24) is 10.6 Å². The number of nitriles is 1. The molecule has 1 aliphatic rings. The molecule has 1 saturated carbocycles. The van der Waals surface area contributed by atoms with Crippen molar-refractivity contribution in [1.29, 1.82) is 5.26 Å². The fourth-order valence-electron chi connectivity index (χ4n) is 1.81. The van der Waals surface area contributed by atoms with Crippen LogP contribution in [0.1, 0.15) is 52.4 Å². The van der Waals surface area contributed by atoms with E-state index in [1.165, 1.54) is 0 Å². The molecule has 0 bridgehead atoms. The van der Waals surface area contributed by atoms with Crippen LogP contribution in [-0.4, -0.2) is 25.0 Å². The van der Waals surface area contributed by atoms with Crippen LogP contribution in [0.4, 0.5) is 0 Å². The average Bonchev–Trinajstić information content (AvgIpc) is 3.10. The lowest BCUT2D eigenvalue weighted by molar-refractivity contribution is -0.121. The fraction of sp³-hybridized carbons (Fsp3) is 0.857. The van der Waals surface area contributed by atoms with Crippen LogP contribution in [0.2, 0.25) is 0 Å². The first-order chi connectivity index (χ1) is 8.53. The summed E-state index contributed by atoms with van der Waals surface area (Å²) in [5.41, 5.74) is 0.159. The minimum Gasteiger partial charge on any atom is -0.353 e. The second kappa shape index (κ2) is 7.38. The van der Waals surface area contributed by atoms with Gasteiger partial charge in [-0.15, -0.1) is 0 Å². The van der Waals surface area contributed by atoms with Crippen molar-refractivity contribution < 1.29 is 4.79 Å². The van der Waals surface area contributed by atoms with E-state index < -0.39 is 0 Å². The molecule has 0 unspecified atom stereocenters. The maximum Gasteiger partial charge on any atom is 0.220 e. The second-order valence-corrected chi connectivity index (χ2v) is 5.94. The highest BCUT2D eigenvalue weighted by atomic mass is 16.1. The van der Waals surface area contributed by atoms with Gasteiger partial charge >= 0.3 is 0 Å². The molecule has 0 spiro atoms. The van der Waals surface area contributed by atoms with Crippen molar-refractivity contribution in [3.63, 3.8) is 0 Å². The summed E-state index contributed by atoms with van der Waals surface area (Å²) in [6.07, 6.45) is 5.32. The molecule has 102 valence electrons. The van der Waals surface area contributed by atoms with Gasteiger partial charge in [-0.25, -0.2) is 0 Å². The Kier molecular flexibility index (Phi) is 6.14. The van der Waals surface area contributed by atoms with E-state index in [9.17, 15) is 4.79 Å². The number of hydrogen-bond donors (Lipinski definition) is 2. The number of nitrogens with zero attached hydrogens (tertiary/aromatic N) is 1. The molecule has 4 heteroatoms. The Morgan fingerprint density at radius 2 is 2.17 bits per heavy atom. The first-order valence-corrected chi connectivity index (χ1v) is 6.90. The van der Waals surface area contributed by atoms with E-state index >= 15 is 0 Å². The molecule has 18 heavy (non-hydrogen) atoms. The summed E-state index contributed by atoms with van der Waals surface area (Å²) < 4.78 is 0. The molecule has 1 amide bonds. The summed E-state index contributed by atoms with van der Waals surface area (Å²) >= 11 is 0. The lowest BCUT2D eigenvalue weighted by Crippen LogP contribution is -2.31. The Morgan fingerprint density at radius 3 is 2.78 bits per heavy atom. The van der Waals surface area contributed by atoms with E-state index in [4.69, 9.17) is 5.26 Å². The zero-order chi connectivity index (χ0) is 13.4. The van der Waals surface area contributed by atoms with Crippen LogP contribution >= 0.6 is 0 Å². The first-order valence-electron chi connectivity index (χ1n) is 6.90. The van der Waals surface area contributed by atoms with Gasteiger partial charge in [0.25, 0.3) is 0 Å². The van der Waals surface area contributed by atoms with Crippen LogP contribution in [0.3, 0.4) is 0 Å². The van der Waals surface area contributed by atoms with Gasteiger partial charge in [-0.1, -0.05) is 13.8 Å². The van der Waals surface area contributed by atoms with Crippen molar-refractivity contribution in [2.45, 2.75) is 58.4 Å². The standard InChI is InChI=1S/C14H25N3O/c1-14(2,8-4-9-15)11-16-10-3-5-13(18)17-12-6-7-12/h12,16H,3-8,10-11H2,1-2H3,(H,17,18). The van der Waals surface area contributed by atoms with Gasteiger partial charge in [0.15, 0.2) is 0 Å². The van der Waals surface area contributed by atoms with Crippen LogP contribution < -0.4 is 10.6 Å². The zero-order valence-electron chi connectivity index (χ0n) is 11.6. The van der Waals surface area contributed by atoms with E-state index in [1.807, 2.05) is 0 Å². The average molecular weight is 251 g/mol. The molecular formula is C14H25N3O. The highest BCUT2D eigenvalue weighted by Gasteiger charge is 2.22. The molecule has 0 atom stereocenters. The Balaban J connectivity index is 1.96. The minimum absolute atomic E-state index is 0.159. The van der Waals surface area contributed by atoms with Gasteiger partial charge in [0.1, 0.15) is 0 Å². The summed E-state index contributed by atoms with van der Waals surface area (Å²) in [4.78, 5) is 11.4. The molecule has 1 fully saturated rings. The molecule has 0 aromatic rings. The molecule has 0 aromatic carbocycles. The molecule has 0 radical (unpaired) electrons. The SMILES string of the molecule is CC(C)(CCC#N)CNCCCC(=O)NC1CC1. The van der Waals surface area contributed by atoms with Crippen LogP contribution in [0.5, 0.6) is 0 Å². The molecule has 1 aliphatic carbocycles. The predicted molar refractivity (Wildman–Crippen MR) is 71.9 cm³/mol. The summed E-state index contributed by atoms with van der Waals surface area (Å²) in [7, 11) is 0. The summed E-state index contributed by atoms with van der Waals surface area (Å²) in [5, 5.41) is 14.9. The number of hydrogen-bond acceptors (Lipinski definition) is 3. The summed E-state index contributed by atoms with van der Waals surface area (Å²) in [5.74, 6) is 0.183. The van der Waals surface area contributed by atoms with Crippen LogP contribution in [0.15, 0.2) is 0 Å². The third-order valence-electron chi connectivity index (χ3n) is 3.22. The first kappa shape index (κ1) is 15.0. The van der Waals surface area contributed by atoms with Gasteiger partial charge in [0.05, 0.1) is 6.07 Å². The molecular weight excluding hydrogens is 226 g/mol. The maximum atomic E-state index is 11.4. The van der Waals surface area contributed by atoms with Crippen molar-refractivity contribution in [3.05, 3.63) is 0 Å². The Morgan fingerprint density at radius 1 is 1.44 bits per heavy atom. The van der Waals surface area contributed by atoms with E-state index in [0.29, 0.717) is 18.9 Å². The molecule has 4 nitrogen and oxygen atoms in total. The minimum atomic E-state index is 0.159. The van der Waals surface area contributed by atoms with E-state index in [1.54, 1.807) is 0 Å². The third kappa shape index (κ3) is 7.29. The van der Waals surface area contributed by atoms with Gasteiger partial charge in [0.2, 0.25) is 5.91 Å². The highest BCUT2D eigenvalue weighted by molar-refractivity contribution is 5.76. The number of carbonyl (C=O) groups is 1. The Hall–Kier alpha value is -1.08. The molecule has 0 aliphatic heterocycles. The molecule has 0 heterocycles. The fourth-order valence-corrected chi connectivity index (χ4v) is 1.81. The van der Waals surface area contributed by atoms with Crippen molar-refractivity contribution in [3.8, 4) is 6.07 Å². The second-order valence-electron chi connectivity index (χ2n) is 5.94. The number of carbonyl (C=O) groups excluding carboxylic acids is 1. The predicted octanol–water partition coefficient (Wildman–Crippen LogP) is 1.96. The highest BCUT2D eigenvalue weighted by Crippen LogP contribution is 2.20. The van der Waals surface area contributed by atoms with Gasteiger partial charge in [0, 0.05) is 25.4 Å². The van der Waals surface area contributed by atoms with Crippen LogP contribution in [0, 0.1) is 16.7 Å². The molecule has 0 aromatic heterocycles. The van der Waals surface area contributed by atoms with Gasteiger partial charge < -0.3 is 10.6 Å².